The van der Waals surface area contributed by atoms with E-state index in [-0.39, 0.29) is 0 Å². The number of aryl methyl sites for hydroxylation is 2. The summed E-state index contributed by atoms with van der Waals surface area (Å²) in [5.41, 5.74) is 6.50. The van der Waals surface area contributed by atoms with Crippen molar-refractivity contribution < 1.29 is 9.47 Å². The molecule has 0 saturated carbocycles. The third-order valence-electron chi connectivity index (χ3n) is 6.48. The smallest absolute Gasteiger partial charge is 0.160 e. The fraction of sp³-hybridized carbons (Fsp3) is 0.423. The Bertz CT molecular complexity index is 1300. The van der Waals surface area contributed by atoms with Gasteiger partial charge in [0, 0.05) is 17.6 Å². The van der Waals surface area contributed by atoms with E-state index >= 15 is 0 Å². The summed E-state index contributed by atoms with van der Waals surface area (Å²) in [6.07, 6.45) is 9.49. The molecule has 1 aliphatic carbocycles. The molecule has 0 atom stereocenters. The zero-order valence-corrected chi connectivity index (χ0v) is 20.3. The van der Waals surface area contributed by atoms with E-state index in [1.807, 2.05) is 12.1 Å². The number of hydrogen-bond donors (Lipinski definition) is 1. The molecule has 1 N–H and O–H groups in total. The second-order valence-electron chi connectivity index (χ2n) is 8.52. The number of nitrogens with zero attached hydrogens (tertiary/aromatic N) is 3. The standard InChI is InChI=1S/C26H30N4O2S/c1-4-5-9-19-17-7-6-8-18(17)22-23-24(33-26(22)30-19)25(29-15-28-23)27-13-12-16-10-11-20(31-2)21(14-16)32-3/h10-11,14-15H,4-9,12-13H2,1-3H3,(H,27,28,29). The molecule has 172 valence electrons. The molecule has 0 amide bonds. The lowest BCUT2D eigenvalue weighted by atomic mass is 10.0. The first-order valence-electron chi connectivity index (χ1n) is 11.8. The minimum Gasteiger partial charge on any atom is -0.493 e. The van der Waals surface area contributed by atoms with E-state index in [9.17, 15) is 0 Å². The molecule has 0 radical (unpaired) electrons. The number of nitrogens with one attached hydrogen (secondary N) is 1. The van der Waals surface area contributed by atoms with Gasteiger partial charge < -0.3 is 14.8 Å². The molecular weight excluding hydrogens is 432 g/mol. The quantitative estimate of drug-likeness (QED) is 0.342. The van der Waals surface area contributed by atoms with Crippen molar-refractivity contribution in [2.24, 2.45) is 0 Å². The van der Waals surface area contributed by atoms with Crippen molar-refractivity contribution in [3.05, 3.63) is 46.9 Å². The van der Waals surface area contributed by atoms with E-state index in [0.717, 1.165) is 64.6 Å². The van der Waals surface area contributed by atoms with Gasteiger partial charge in [-0.05, 0) is 67.3 Å². The molecule has 0 fully saturated rings. The number of anilines is 1. The minimum absolute atomic E-state index is 0.746. The lowest BCUT2D eigenvalue weighted by molar-refractivity contribution is 0.354. The van der Waals surface area contributed by atoms with Crippen LogP contribution in [-0.2, 0) is 25.7 Å². The third kappa shape index (κ3) is 4.10. The topological polar surface area (TPSA) is 69.2 Å². The van der Waals surface area contributed by atoms with Crippen LogP contribution in [0.3, 0.4) is 0 Å². The van der Waals surface area contributed by atoms with E-state index in [1.54, 1.807) is 31.9 Å². The molecule has 3 aromatic heterocycles. The normalized spacial score (nSPS) is 12.9. The van der Waals surface area contributed by atoms with Crippen LogP contribution >= 0.6 is 11.3 Å². The molecule has 0 saturated heterocycles. The van der Waals surface area contributed by atoms with Crippen molar-refractivity contribution in [2.75, 3.05) is 26.1 Å². The van der Waals surface area contributed by atoms with Gasteiger partial charge in [-0.1, -0.05) is 19.4 Å². The second kappa shape index (κ2) is 9.51. The number of benzene rings is 1. The lowest BCUT2D eigenvalue weighted by Gasteiger charge is -2.10. The van der Waals surface area contributed by atoms with Gasteiger partial charge in [-0.3, -0.25) is 0 Å². The first kappa shape index (κ1) is 21.9. The van der Waals surface area contributed by atoms with Gasteiger partial charge in [-0.15, -0.1) is 11.3 Å². The maximum absolute atomic E-state index is 5.43. The van der Waals surface area contributed by atoms with Gasteiger partial charge in [0.15, 0.2) is 11.5 Å². The zero-order chi connectivity index (χ0) is 22.8. The number of rotatable bonds is 9. The van der Waals surface area contributed by atoms with Crippen LogP contribution in [0.15, 0.2) is 24.5 Å². The molecule has 0 bridgehead atoms. The van der Waals surface area contributed by atoms with Gasteiger partial charge in [0.2, 0.25) is 0 Å². The van der Waals surface area contributed by atoms with Crippen molar-refractivity contribution in [2.45, 2.75) is 51.9 Å². The van der Waals surface area contributed by atoms with E-state index in [0.29, 0.717) is 0 Å². The average Bonchev–Trinajstić information content (AvgIpc) is 3.47. The number of thiophene rings is 1. The Hall–Kier alpha value is -2.93. The van der Waals surface area contributed by atoms with Crippen molar-refractivity contribution in [1.29, 1.82) is 0 Å². The number of methoxy groups -OCH3 is 2. The minimum atomic E-state index is 0.746. The molecule has 1 aromatic carbocycles. The summed E-state index contributed by atoms with van der Waals surface area (Å²) in [4.78, 5) is 15.5. The second-order valence-corrected chi connectivity index (χ2v) is 9.52. The number of pyridine rings is 1. The summed E-state index contributed by atoms with van der Waals surface area (Å²) < 4.78 is 11.9. The summed E-state index contributed by atoms with van der Waals surface area (Å²) in [7, 11) is 3.32. The van der Waals surface area contributed by atoms with Gasteiger partial charge in [-0.25, -0.2) is 15.0 Å². The van der Waals surface area contributed by atoms with Crippen molar-refractivity contribution in [3.63, 3.8) is 0 Å². The maximum atomic E-state index is 5.43. The third-order valence-corrected chi connectivity index (χ3v) is 7.56. The van der Waals surface area contributed by atoms with Gasteiger partial charge in [0.05, 0.1) is 24.4 Å². The molecule has 3 heterocycles. The van der Waals surface area contributed by atoms with E-state index < -0.39 is 0 Å². The molecular formula is C26H30N4O2S. The summed E-state index contributed by atoms with van der Waals surface area (Å²) in [6, 6.07) is 6.05. The SMILES string of the molecule is CCCCc1nc2sc3c(NCCc4ccc(OC)c(OC)c4)ncnc3c2c2c1CCC2. The summed E-state index contributed by atoms with van der Waals surface area (Å²) in [5.74, 6) is 2.39. The predicted molar refractivity (Wildman–Crippen MR) is 135 cm³/mol. The van der Waals surface area contributed by atoms with Crippen LogP contribution in [0, 0.1) is 0 Å². The number of unbranched alkanes of at least 4 members (excludes halogenated alkanes) is 1. The van der Waals surface area contributed by atoms with Crippen molar-refractivity contribution >= 4 is 37.6 Å². The maximum Gasteiger partial charge on any atom is 0.160 e. The predicted octanol–water partition coefficient (Wildman–Crippen LogP) is 5.74. The Balaban J connectivity index is 1.43. The Labute approximate surface area is 198 Å². The molecule has 4 aromatic rings. The highest BCUT2D eigenvalue weighted by Crippen LogP contribution is 2.41. The average molecular weight is 463 g/mol. The van der Waals surface area contributed by atoms with Gasteiger partial charge in [0.25, 0.3) is 0 Å². The monoisotopic (exact) mass is 462 g/mol. The largest absolute Gasteiger partial charge is 0.493 e. The number of aromatic nitrogens is 3. The summed E-state index contributed by atoms with van der Waals surface area (Å²) >= 11 is 1.72. The number of hydrogen-bond acceptors (Lipinski definition) is 7. The van der Waals surface area contributed by atoms with Crippen LogP contribution < -0.4 is 14.8 Å². The van der Waals surface area contributed by atoms with E-state index in [1.165, 1.54) is 47.0 Å². The Morgan fingerprint density at radius 1 is 1.03 bits per heavy atom. The molecule has 7 heteroatoms. The summed E-state index contributed by atoms with van der Waals surface area (Å²) in [6.45, 7) is 3.01. The molecule has 0 spiro atoms. The molecule has 0 aliphatic heterocycles. The Morgan fingerprint density at radius 3 is 2.70 bits per heavy atom. The van der Waals surface area contributed by atoms with Gasteiger partial charge in [-0.2, -0.15) is 0 Å². The van der Waals surface area contributed by atoms with Crippen molar-refractivity contribution in [3.8, 4) is 11.5 Å². The highest BCUT2D eigenvalue weighted by molar-refractivity contribution is 7.26. The highest BCUT2D eigenvalue weighted by Gasteiger charge is 2.24. The first-order chi connectivity index (χ1) is 16.2. The lowest BCUT2D eigenvalue weighted by Crippen LogP contribution is -2.07. The van der Waals surface area contributed by atoms with Crippen molar-refractivity contribution in [1.82, 2.24) is 15.0 Å². The highest BCUT2D eigenvalue weighted by atomic mass is 32.1. The number of fused-ring (bicyclic) bond motifs is 5. The Kier molecular flexibility index (Phi) is 6.31. The van der Waals surface area contributed by atoms with E-state index in [2.05, 4.69) is 23.3 Å². The fourth-order valence-corrected chi connectivity index (χ4v) is 5.96. The molecule has 33 heavy (non-hydrogen) atoms. The molecule has 6 nitrogen and oxygen atoms in total. The fourth-order valence-electron chi connectivity index (χ4n) is 4.81. The van der Waals surface area contributed by atoms with Gasteiger partial charge in [0.1, 0.15) is 17.0 Å². The van der Waals surface area contributed by atoms with Crippen LogP contribution in [0.5, 0.6) is 11.5 Å². The van der Waals surface area contributed by atoms with Crippen LogP contribution in [-0.4, -0.2) is 35.7 Å². The van der Waals surface area contributed by atoms with Crippen LogP contribution in [0.25, 0.3) is 20.4 Å². The molecule has 5 rings (SSSR count). The van der Waals surface area contributed by atoms with Crippen LogP contribution in [0.2, 0.25) is 0 Å². The first-order valence-corrected chi connectivity index (χ1v) is 12.6. The van der Waals surface area contributed by atoms with E-state index in [4.69, 9.17) is 19.4 Å². The Morgan fingerprint density at radius 2 is 1.88 bits per heavy atom. The summed E-state index contributed by atoms with van der Waals surface area (Å²) in [5, 5.41) is 4.80. The van der Waals surface area contributed by atoms with Crippen LogP contribution in [0.4, 0.5) is 5.82 Å². The number of ether oxygens (including phenoxy) is 2. The molecule has 1 aliphatic rings. The van der Waals surface area contributed by atoms with Gasteiger partial charge >= 0.3 is 0 Å². The molecule has 0 unspecified atom stereocenters. The van der Waals surface area contributed by atoms with Crippen LogP contribution in [0.1, 0.15) is 48.6 Å². The zero-order valence-electron chi connectivity index (χ0n) is 19.5.